The molecule has 25 heavy (non-hydrogen) atoms. The molecular weight excluding hydrogens is 357 g/mol. The first-order chi connectivity index (χ1) is 11.7. The molecule has 1 aromatic carbocycles. The summed E-state index contributed by atoms with van der Waals surface area (Å²) in [7, 11) is 0. The third-order valence-electron chi connectivity index (χ3n) is 4.39. The van der Waals surface area contributed by atoms with Crippen molar-refractivity contribution in [3.63, 3.8) is 0 Å². The zero-order valence-electron chi connectivity index (χ0n) is 14.9. The SMILES string of the molecule is CC(NC(=O)c1cc(C2CC2)n(C(C)(C)C)n1)c1ccc(Cl)c(Cl)c1. The number of nitrogens with zero attached hydrogens (tertiary/aromatic N) is 2. The van der Waals surface area contributed by atoms with E-state index < -0.39 is 0 Å². The van der Waals surface area contributed by atoms with Crippen LogP contribution < -0.4 is 5.32 Å². The van der Waals surface area contributed by atoms with Crippen molar-refractivity contribution in [3.8, 4) is 0 Å². The molecule has 1 heterocycles. The van der Waals surface area contributed by atoms with Crippen molar-refractivity contribution in [2.24, 2.45) is 0 Å². The van der Waals surface area contributed by atoms with E-state index in [0.717, 1.165) is 11.3 Å². The predicted molar refractivity (Wildman–Crippen MR) is 102 cm³/mol. The second kappa shape index (κ2) is 6.65. The van der Waals surface area contributed by atoms with Gasteiger partial charge in [0.1, 0.15) is 5.69 Å². The molecule has 134 valence electrons. The van der Waals surface area contributed by atoms with E-state index in [1.54, 1.807) is 12.1 Å². The van der Waals surface area contributed by atoms with Gasteiger partial charge in [-0.05, 0) is 64.3 Å². The fourth-order valence-electron chi connectivity index (χ4n) is 2.85. The van der Waals surface area contributed by atoms with Gasteiger partial charge < -0.3 is 5.32 Å². The van der Waals surface area contributed by atoms with Crippen molar-refractivity contribution in [2.75, 3.05) is 0 Å². The number of halogens is 2. The maximum atomic E-state index is 12.7. The molecule has 0 saturated heterocycles. The Morgan fingerprint density at radius 3 is 2.48 bits per heavy atom. The van der Waals surface area contributed by atoms with Crippen LogP contribution in [-0.2, 0) is 5.54 Å². The maximum Gasteiger partial charge on any atom is 0.272 e. The normalized spacial score (nSPS) is 15.9. The number of benzene rings is 1. The largest absolute Gasteiger partial charge is 0.344 e. The molecule has 1 aliphatic rings. The Morgan fingerprint density at radius 2 is 1.92 bits per heavy atom. The van der Waals surface area contributed by atoms with Gasteiger partial charge in [0.05, 0.1) is 21.6 Å². The Morgan fingerprint density at radius 1 is 1.24 bits per heavy atom. The van der Waals surface area contributed by atoms with E-state index in [4.69, 9.17) is 23.2 Å². The summed E-state index contributed by atoms with van der Waals surface area (Å²) in [6.45, 7) is 8.23. The van der Waals surface area contributed by atoms with Crippen LogP contribution in [0.3, 0.4) is 0 Å². The first kappa shape index (κ1) is 18.3. The molecule has 1 aliphatic carbocycles. The number of amides is 1. The molecule has 1 N–H and O–H groups in total. The fourth-order valence-corrected chi connectivity index (χ4v) is 3.16. The van der Waals surface area contributed by atoms with Gasteiger partial charge in [0.15, 0.2) is 0 Å². The van der Waals surface area contributed by atoms with Gasteiger partial charge in [0.25, 0.3) is 5.91 Å². The summed E-state index contributed by atoms with van der Waals surface area (Å²) in [4.78, 5) is 12.7. The molecule has 0 radical (unpaired) electrons. The third kappa shape index (κ3) is 4.01. The van der Waals surface area contributed by atoms with Crippen molar-refractivity contribution in [3.05, 3.63) is 51.3 Å². The number of hydrogen-bond donors (Lipinski definition) is 1. The standard InChI is InChI=1S/C19H23Cl2N3O/c1-11(13-7-8-14(20)15(21)9-13)22-18(25)16-10-17(12-5-6-12)24(23-16)19(2,3)4/h7-12H,5-6H2,1-4H3,(H,22,25). The van der Waals surface area contributed by atoms with Crippen molar-refractivity contribution < 1.29 is 4.79 Å². The molecule has 4 nitrogen and oxygen atoms in total. The van der Waals surface area contributed by atoms with Crippen LogP contribution in [0.5, 0.6) is 0 Å². The van der Waals surface area contributed by atoms with E-state index in [1.807, 2.05) is 23.7 Å². The molecule has 6 heteroatoms. The van der Waals surface area contributed by atoms with Gasteiger partial charge in [-0.15, -0.1) is 0 Å². The predicted octanol–water partition coefficient (Wildman–Crippen LogP) is 5.31. The third-order valence-corrected chi connectivity index (χ3v) is 5.13. The van der Waals surface area contributed by atoms with E-state index in [1.165, 1.54) is 12.8 Å². The first-order valence-corrected chi connectivity index (χ1v) is 9.28. The monoisotopic (exact) mass is 379 g/mol. The lowest BCUT2D eigenvalue weighted by Crippen LogP contribution is -2.29. The smallest absolute Gasteiger partial charge is 0.272 e. The number of rotatable bonds is 4. The Bertz CT molecular complexity index is 803. The highest BCUT2D eigenvalue weighted by molar-refractivity contribution is 6.42. The molecular formula is C19H23Cl2N3O. The highest BCUT2D eigenvalue weighted by Gasteiger charge is 2.32. The molecule has 1 saturated carbocycles. The molecule has 1 fully saturated rings. The quantitative estimate of drug-likeness (QED) is 0.781. The van der Waals surface area contributed by atoms with Gasteiger partial charge in [-0.25, -0.2) is 0 Å². The average Bonchev–Trinajstić information content (AvgIpc) is 3.26. The maximum absolute atomic E-state index is 12.7. The summed E-state index contributed by atoms with van der Waals surface area (Å²) in [6, 6.07) is 7.12. The van der Waals surface area contributed by atoms with Gasteiger partial charge in [0, 0.05) is 11.6 Å². The zero-order valence-corrected chi connectivity index (χ0v) is 16.4. The van der Waals surface area contributed by atoms with Crippen LogP contribution in [0.15, 0.2) is 24.3 Å². The van der Waals surface area contributed by atoms with Gasteiger partial charge in [-0.3, -0.25) is 9.48 Å². The van der Waals surface area contributed by atoms with E-state index in [2.05, 4.69) is 31.2 Å². The Kier molecular flexibility index (Phi) is 4.86. The molecule has 1 unspecified atom stereocenters. The van der Waals surface area contributed by atoms with Crippen LogP contribution in [0.1, 0.15) is 74.2 Å². The molecule has 1 amide bonds. The topological polar surface area (TPSA) is 46.9 Å². The Balaban J connectivity index is 1.80. The van der Waals surface area contributed by atoms with Crippen molar-refractivity contribution >= 4 is 29.1 Å². The minimum Gasteiger partial charge on any atom is -0.344 e. The van der Waals surface area contributed by atoms with Crippen LogP contribution in [-0.4, -0.2) is 15.7 Å². The van der Waals surface area contributed by atoms with Crippen molar-refractivity contribution in [1.82, 2.24) is 15.1 Å². The van der Waals surface area contributed by atoms with Gasteiger partial charge >= 0.3 is 0 Å². The van der Waals surface area contributed by atoms with Gasteiger partial charge in [-0.1, -0.05) is 29.3 Å². The fraction of sp³-hybridized carbons (Fsp3) is 0.474. The summed E-state index contributed by atoms with van der Waals surface area (Å²) in [5.74, 6) is 0.351. The lowest BCUT2D eigenvalue weighted by atomic mass is 10.1. The van der Waals surface area contributed by atoms with Crippen LogP contribution in [0.4, 0.5) is 0 Å². The van der Waals surface area contributed by atoms with Gasteiger partial charge in [0.2, 0.25) is 0 Å². The number of nitrogens with one attached hydrogen (secondary N) is 1. The van der Waals surface area contributed by atoms with Crippen LogP contribution >= 0.6 is 23.2 Å². The lowest BCUT2D eigenvalue weighted by molar-refractivity contribution is 0.0933. The van der Waals surface area contributed by atoms with E-state index in [9.17, 15) is 4.79 Å². The van der Waals surface area contributed by atoms with Crippen LogP contribution in [0.2, 0.25) is 10.0 Å². The molecule has 0 spiro atoms. The highest BCUT2D eigenvalue weighted by atomic mass is 35.5. The minimum atomic E-state index is -0.188. The molecule has 0 bridgehead atoms. The minimum absolute atomic E-state index is 0.147. The number of hydrogen-bond acceptors (Lipinski definition) is 2. The Hall–Kier alpha value is -1.52. The van der Waals surface area contributed by atoms with E-state index in [0.29, 0.717) is 21.7 Å². The summed E-state index contributed by atoms with van der Waals surface area (Å²) in [5, 5.41) is 8.55. The van der Waals surface area contributed by atoms with Crippen molar-refractivity contribution in [2.45, 2.75) is 58.0 Å². The Labute approximate surface area is 158 Å². The molecule has 1 aromatic heterocycles. The number of carbonyl (C=O) groups excluding carboxylic acids is 1. The first-order valence-electron chi connectivity index (χ1n) is 8.53. The van der Waals surface area contributed by atoms with E-state index >= 15 is 0 Å². The highest BCUT2D eigenvalue weighted by Crippen LogP contribution is 2.41. The molecule has 2 aromatic rings. The van der Waals surface area contributed by atoms with Crippen LogP contribution in [0.25, 0.3) is 0 Å². The summed E-state index contributed by atoms with van der Waals surface area (Å²) >= 11 is 12.0. The van der Waals surface area contributed by atoms with Crippen LogP contribution in [0, 0.1) is 0 Å². The zero-order chi connectivity index (χ0) is 18.4. The van der Waals surface area contributed by atoms with Crippen molar-refractivity contribution in [1.29, 1.82) is 0 Å². The molecule has 1 atom stereocenters. The average molecular weight is 380 g/mol. The second-order valence-corrected chi connectivity index (χ2v) is 8.49. The molecule has 0 aliphatic heterocycles. The lowest BCUT2D eigenvalue weighted by Gasteiger charge is -2.22. The number of carbonyl (C=O) groups is 1. The number of aromatic nitrogens is 2. The molecule has 3 rings (SSSR count). The second-order valence-electron chi connectivity index (χ2n) is 7.68. The summed E-state index contributed by atoms with van der Waals surface area (Å²) in [5.41, 5.74) is 2.37. The summed E-state index contributed by atoms with van der Waals surface area (Å²) in [6.07, 6.45) is 2.34. The van der Waals surface area contributed by atoms with Gasteiger partial charge in [-0.2, -0.15) is 5.10 Å². The summed E-state index contributed by atoms with van der Waals surface area (Å²) < 4.78 is 1.99. The van der Waals surface area contributed by atoms with E-state index in [-0.39, 0.29) is 17.5 Å².